The maximum Gasteiger partial charge on any atom is 0.410 e. The minimum absolute atomic E-state index is 0.0309. The third kappa shape index (κ3) is 7.08. The number of nitrogens with zero attached hydrogens (tertiary/aromatic N) is 7. The van der Waals surface area contributed by atoms with Gasteiger partial charge in [-0.15, -0.1) is 0 Å². The lowest BCUT2D eigenvalue weighted by atomic mass is 10.0. The lowest BCUT2D eigenvalue weighted by Gasteiger charge is -2.35. The van der Waals surface area contributed by atoms with Gasteiger partial charge in [-0.25, -0.2) is 28.2 Å². The summed E-state index contributed by atoms with van der Waals surface area (Å²) in [7, 11) is 0.280. The minimum atomic E-state index is -3.78. The van der Waals surface area contributed by atoms with Crippen molar-refractivity contribution in [3.8, 4) is 11.1 Å². The number of aryl methyl sites for hydroxylation is 1. The molecule has 1 aliphatic rings. The van der Waals surface area contributed by atoms with Crippen LogP contribution in [-0.4, -0.2) is 107 Å². The number of amides is 1. The molecule has 1 atom stereocenters. The van der Waals surface area contributed by atoms with Crippen LogP contribution in [0, 0.1) is 6.92 Å². The first-order valence-electron chi connectivity index (χ1n) is 13.8. The summed E-state index contributed by atoms with van der Waals surface area (Å²) in [5.41, 5.74) is 4.23. The Balaban J connectivity index is 1.24. The van der Waals surface area contributed by atoms with E-state index in [4.69, 9.17) is 5.11 Å². The number of aromatic nitrogens is 4. The molecule has 0 bridgehead atoms. The van der Waals surface area contributed by atoms with Crippen molar-refractivity contribution < 1.29 is 18.3 Å². The monoisotopic (exact) mass is 625 g/mol. The van der Waals surface area contributed by atoms with E-state index in [0.29, 0.717) is 32.7 Å². The quantitative estimate of drug-likeness (QED) is 0.237. The van der Waals surface area contributed by atoms with Crippen LogP contribution >= 0.6 is 11.3 Å². The first-order chi connectivity index (χ1) is 20.5. The SMILES string of the molecule is Cc1nc(NC(=O)O)sc1S(=O)(=O)N1CCN(C[C@H](C)Nc2ncnc3c(-c4cncc(CN(C)C)c4)cccc23)CC1. The molecule has 1 saturated heterocycles. The van der Waals surface area contributed by atoms with Crippen LogP contribution < -0.4 is 10.6 Å². The minimum Gasteiger partial charge on any atom is -0.465 e. The molecule has 0 spiro atoms. The number of piperazine rings is 1. The summed E-state index contributed by atoms with van der Waals surface area (Å²) in [6.07, 6.45) is 4.02. The molecular weight excluding hydrogens is 591 g/mol. The fraction of sp³-hybridized carbons (Fsp3) is 0.393. The molecule has 1 aromatic carbocycles. The van der Waals surface area contributed by atoms with Crippen molar-refractivity contribution in [3.63, 3.8) is 0 Å². The van der Waals surface area contributed by atoms with Crippen LogP contribution in [0.4, 0.5) is 15.7 Å². The van der Waals surface area contributed by atoms with Gasteiger partial charge in [0.25, 0.3) is 10.0 Å². The maximum absolute atomic E-state index is 13.3. The summed E-state index contributed by atoms with van der Waals surface area (Å²) in [5, 5.41) is 15.6. The van der Waals surface area contributed by atoms with Gasteiger partial charge in [0.15, 0.2) is 9.34 Å². The van der Waals surface area contributed by atoms with E-state index in [1.54, 1.807) is 13.3 Å². The van der Waals surface area contributed by atoms with Crippen LogP contribution in [0.3, 0.4) is 0 Å². The number of carboxylic acid groups (broad SMARTS) is 1. The predicted octanol–water partition coefficient (Wildman–Crippen LogP) is 3.42. The predicted molar refractivity (Wildman–Crippen MR) is 167 cm³/mol. The van der Waals surface area contributed by atoms with Gasteiger partial charge in [-0.05, 0) is 45.6 Å². The molecule has 15 heteroatoms. The lowest BCUT2D eigenvalue weighted by molar-refractivity contribution is 0.184. The zero-order chi connectivity index (χ0) is 30.7. The van der Waals surface area contributed by atoms with E-state index < -0.39 is 16.1 Å². The van der Waals surface area contributed by atoms with Gasteiger partial charge >= 0.3 is 6.09 Å². The third-order valence-corrected chi connectivity index (χ3v) is 10.6. The highest BCUT2D eigenvalue weighted by atomic mass is 32.2. The number of nitrogens with one attached hydrogen (secondary N) is 2. The van der Waals surface area contributed by atoms with E-state index in [-0.39, 0.29) is 21.1 Å². The zero-order valence-corrected chi connectivity index (χ0v) is 26.1. The van der Waals surface area contributed by atoms with Gasteiger partial charge in [-0.1, -0.05) is 23.5 Å². The number of rotatable bonds is 10. The van der Waals surface area contributed by atoms with Crippen molar-refractivity contribution in [2.24, 2.45) is 0 Å². The molecule has 5 rings (SSSR count). The largest absolute Gasteiger partial charge is 0.465 e. The molecule has 4 heterocycles. The van der Waals surface area contributed by atoms with E-state index in [9.17, 15) is 13.2 Å². The van der Waals surface area contributed by atoms with Gasteiger partial charge in [0, 0.05) is 74.2 Å². The Morgan fingerprint density at radius 2 is 1.93 bits per heavy atom. The van der Waals surface area contributed by atoms with Gasteiger partial charge in [-0.2, -0.15) is 4.31 Å². The van der Waals surface area contributed by atoms with Gasteiger partial charge in [0.05, 0.1) is 11.2 Å². The first-order valence-corrected chi connectivity index (χ1v) is 16.1. The summed E-state index contributed by atoms with van der Waals surface area (Å²) in [6, 6.07) is 8.22. The average molecular weight is 626 g/mol. The van der Waals surface area contributed by atoms with Crippen molar-refractivity contribution in [3.05, 3.63) is 54.2 Å². The molecule has 0 radical (unpaired) electrons. The Morgan fingerprint density at radius 1 is 1.16 bits per heavy atom. The number of hydrogen-bond acceptors (Lipinski definition) is 11. The molecule has 3 aromatic heterocycles. The first kappa shape index (κ1) is 30.7. The van der Waals surface area contributed by atoms with E-state index in [1.165, 1.54) is 4.31 Å². The molecule has 1 amide bonds. The van der Waals surface area contributed by atoms with Crippen molar-refractivity contribution in [2.75, 3.05) is 57.5 Å². The number of anilines is 2. The summed E-state index contributed by atoms with van der Waals surface area (Å²) < 4.78 is 28.0. The Morgan fingerprint density at radius 3 is 2.65 bits per heavy atom. The highest BCUT2D eigenvalue weighted by Crippen LogP contribution is 2.32. The second-order valence-electron chi connectivity index (χ2n) is 10.8. The normalized spacial score (nSPS) is 15.6. The fourth-order valence-corrected chi connectivity index (χ4v) is 8.19. The topological polar surface area (TPSA) is 157 Å². The van der Waals surface area contributed by atoms with Crippen molar-refractivity contribution in [1.29, 1.82) is 0 Å². The molecule has 1 fully saturated rings. The van der Waals surface area contributed by atoms with E-state index >= 15 is 0 Å². The number of thiazole rings is 1. The van der Waals surface area contributed by atoms with Crippen LogP contribution in [0.5, 0.6) is 0 Å². The molecule has 3 N–H and O–H groups in total. The lowest BCUT2D eigenvalue weighted by Crippen LogP contribution is -2.50. The number of benzene rings is 1. The van der Waals surface area contributed by atoms with Crippen molar-refractivity contribution in [1.82, 2.24) is 34.0 Å². The molecule has 4 aromatic rings. The van der Waals surface area contributed by atoms with E-state index in [1.807, 2.05) is 44.7 Å². The Labute approximate surface area is 254 Å². The molecule has 43 heavy (non-hydrogen) atoms. The van der Waals surface area contributed by atoms with Crippen LogP contribution in [0.15, 0.2) is 47.2 Å². The second kappa shape index (κ2) is 12.9. The van der Waals surface area contributed by atoms with Gasteiger partial charge < -0.3 is 15.3 Å². The van der Waals surface area contributed by atoms with Crippen LogP contribution in [0.25, 0.3) is 22.0 Å². The Bertz CT molecular complexity index is 1720. The Hall–Kier alpha value is -3.76. The highest BCUT2D eigenvalue weighted by molar-refractivity contribution is 7.91. The molecule has 0 saturated carbocycles. The Kier molecular flexibility index (Phi) is 9.17. The average Bonchev–Trinajstić information content (AvgIpc) is 3.33. The summed E-state index contributed by atoms with van der Waals surface area (Å²) in [5.74, 6) is 0.740. The van der Waals surface area contributed by atoms with Crippen LogP contribution in [0.2, 0.25) is 0 Å². The molecule has 1 aliphatic heterocycles. The van der Waals surface area contributed by atoms with Crippen LogP contribution in [-0.2, 0) is 16.6 Å². The third-order valence-electron chi connectivity index (χ3n) is 7.06. The van der Waals surface area contributed by atoms with Gasteiger partial charge in [0.2, 0.25) is 0 Å². The van der Waals surface area contributed by atoms with Crippen molar-refractivity contribution in [2.45, 2.75) is 30.6 Å². The standard InChI is InChI=1S/C28H35N9O4S2/c1-18(15-36-8-10-37(11-9-36)43(40,41)26-19(2)33-27(42-26)34-28(38)39)32-25-23-7-5-6-22(24(23)30-17-31-25)21-12-20(13-29-14-21)16-35(3)4/h5-7,12-14,17-18H,8-11,15-16H2,1-4H3,(H,33,34)(H,38,39)(H,30,31,32)/t18-/m0/s1. The number of hydrogen-bond donors (Lipinski definition) is 3. The number of pyridine rings is 1. The molecule has 228 valence electrons. The summed E-state index contributed by atoms with van der Waals surface area (Å²) in [4.78, 5) is 32.9. The fourth-order valence-electron chi connectivity index (χ4n) is 5.22. The van der Waals surface area contributed by atoms with Gasteiger partial charge in [0.1, 0.15) is 12.1 Å². The van der Waals surface area contributed by atoms with Gasteiger partial charge in [-0.3, -0.25) is 15.2 Å². The van der Waals surface area contributed by atoms with E-state index in [2.05, 4.69) is 53.4 Å². The number of sulfonamides is 1. The maximum atomic E-state index is 13.3. The second-order valence-corrected chi connectivity index (χ2v) is 13.9. The van der Waals surface area contributed by atoms with Crippen LogP contribution in [0.1, 0.15) is 18.2 Å². The zero-order valence-electron chi connectivity index (χ0n) is 24.5. The summed E-state index contributed by atoms with van der Waals surface area (Å²) >= 11 is 0.831. The van der Waals surface area contributed by atoms with E-state index in [0.717, 1.165) is 51.3 Å². The molecule has 13 nitrogen and oxygen atoms in total. The molecule has 0 unspecified atom stereocenters. The highest BCUT2D eigenvalue weighted by Gasteiger charge is 2.32. The molecular formula is C28H35N9O4S2. The summed E-state index contributed by atoms with van der Waals surface area (Å²) in [6.45, 7) is 6.92. The number of fused-ring (bicyclic) bond motifs is 1. The number of para-hydroxylation sites is 1. The number of carbonyl (C=O) groups is 1. The van der Waals surface area contributed by atoms with Crippen molar-refractivity contribution >= 4 is 49.3 Å². The molecule has 0 aliphatic carbocycles. The smallest absolute Gasteiger partial charge is 0.410 e.